The Kier molecular flexibility index (Phi) is 3.52. The second-order valence-corrected chi connectivity index (χ2v) is 8.01. The molecular weight excluding hydrogens is 348 g/mol. The van der Waals surface area contributed by atoms with Crippen LogP contribution in [0.1, 0.15) is 21.8 Å². The molecule has 1 saturated heterocycles. The van der Waals surface area contributed by atoms with Crippen LogP contribution >= 0.6 is 11.3 Å². The fraction of sp³-hybridized carbons (Fsp3) is 0.300. The molecule has 6 heteroatoms. The normalized spacial score (nSPS) is 24.2. The van der Waals surface area contributed by atoms with Gasteiger partial charge in [-0.15, -0.1) is 11.3 Å². The van der Waals surface area contributed by atoms with E-state index in [1.807, 2.05) is 47.4 Å². The summed E-state index contributed by atoms with van der Waals surface area (Å²) in [5.41, 5.74) is 4.02. The highest BCUT2D eigenvalue weighted by Crippen LogP contribution is 2.49. The number of likely N-dealkylation sites (tertiary alicyclic amines) is 1. The molecule has 2 aliphatic heterocycles. The number of rotatable bonds is 2. The maximum atomic E-state index is 13.1. The highest BCUT2D eigenvalue weighted by Gasteiger charge is 2.52. The van der Waals surface area contributed by atoms with Crippen LogP contribution in [-0.2, 0) is 0 Å². The molecule has 132 valence electrons. The first-order valence-electron chi connectivity index (χ1n) is 8.65. The largest absolute Gasteiger partial charge is 0.493 e. The number of hydrogen-bond acceptors (Lipinski definition) is 5. The number of carbonyl (C=O) groups is 1. The van der Waals surface area contributed by atoms with Gasteiger partial charge in [0.2, 0.25) is 0 Å². The van der Waals surface area contributed by atoms with Crippen molar-refractivity contribution in [3.05, 3.63) is 59.1 Å². The molecule has 26 heavy (non-hydrogen) atoms. The van der Waals surface area contributed by atoms with E-state index in [-0.39, 0.29) is 18.4 Å². The Hall–Kier alpha value is -2.44. The third-order valence-corrected chi connectivity index (χ3v) is 6.43. The predicted molar refractivity (Wildman–Crippen MR) is 99.7 cm³/mol. The summed E-state index contributed by atoms with van der Waals surface area (Å²) >= 11 is 1.53. The number of ether oxygens (including phenoxy) is 1. The van der Waals surface area contributed by atoms with Crippen molar-refractivity contribution >= 4 is 27.5 Å². The number of aliphatic hydroxyl groups is 1. The zero-order valence-corrected chi connectivity index (χ0v) is 14.9. The van der Waals surface area contributed by atoms with Gasteiger partial charge < -0.3 is 14.7 Å². The lowest BCUT2D eigenvalue weighted by Crippen LogP contribution is -2.42. The van der Waals surface area contributed by atoms with Gasteiger partial charge in [0.25, 0.3) is 5.91 Å². The van der Waals surface area contributed by atoms with Crippen LogP contribution in [0.2, 0.25) is 0 Å². The van der Waals surface area contributed by atoms with E-state index in [1.165, 1.54) is 11.3 Å². The van der Waals surface area contributed by atoms with Gasteiger partial charge in [0.1, 0.15) is 5.75 Å². The lowest BCUT2D eigenvalue weighted by Gasteiger charge is -2.37. The summed E-state index contributed by atoms with van der Waals surface area (Å²) in [6.45, 7) is 1.54. The van der Waals surface area contributed by atoms with Gasteiger partial charge in [-0.1, -0.05) is 18.2 Å². The highest BCUT2D eigenvalue weighted by molar-refractivity contribution is 7.16. The fourth-order valence-corrected chi connectivity index (χ4v) is 4.91. The second-order valence-electron chi connectivity index (χ2n) is 7.12. The minimum absolute atomic E-state index is 0.00000567. The lowest BCUT2D eigenvalue weighted by atomic mass is 9.74. The molecule has 3 aromatic rings. The molecule has 2 unspecified atom stereocenters. The molecule has 0 aliphatic carbocycles. The minimum atomic E-state index is -0.432. The van der Waals surface area contributed by atoms with Crippen molar-refractivity contribution in [2.45, 2.75) is 5.92 Å². The summed E-state index contributed by atoms with van der Waals surface area (Å²) in [5, 5.41) is 10.1. The van der Waals surface area contributed by atoms with E-state index >= 15 is 0 Å². The number of carbonyl (C=O) groups excluding carboxylic acids is 1. The van der Waals surface area contributed by atoms with Crippen molar-refractivity contribution in [2.24, 2.45) is 5.41 Å². The average Bonchev–Trinajstić information content (AvgIpc) is 3.31. The van der Waals surface area contributed by atoms with Gasteiger partial charge in [-0.3, -0.25) is 4.79 Å². The molecule has 0 spiro atoms. The van der Waals surface area contributed by atoms with Crippen LogP contribution in [0.5, 0.6) is 5.75 Å². The number of benzene rings is 2. The van der Waals surface area contributed by atoms with E-state index in [4.69, 9.17) is 4.74 Å². The monoisotopic (exact) mass is 366 g/mol. The van der Waals surface area contributed by atoms with E-state index in [0.717, 1.165) is 21.5 Å². The van der Waals surface area contributed by atoms with Gasteiger partial charge in [0.05, 0.1) is 34.4 Å². The standard InChI is InChI=1S/C20H18N2O3S/c23-10-20-9-22(8-15(20)14-3-1-2-4-17(14)25-11-20)19(24)13-5-6-16-18(7-13)26-12-21-16/h1-7,12,15,23H,8-11H2. The number of thiazole rings is 1. The third-order valence-electron chi connectivity index (χ3n) is 5.64. The highest BCUT2D eigenvalue weighted by atomic mass is 32.1. The molecule has 5 nitrogen and oxygen atoms in total. The molecule has 5 rings (SSSR count). The molecule has 1 fully saturated rings. The summed E-state index contributed by atoms with van der Waals surface area (Å²) in [6, 6.07) is 13.6. The summed E-state index contributed by atoms with van der Waals surface area (Å²) < 4.78 is 6.92. The number of para-hydroxylation sites is 1. The Morgan fingerprint density at radius 3 is 3.12 bits per heavy atom. The van der Waals surface area contributed by atoms with Gasteiger partial charge in [0.15, 0.2) is 0 Å². The number of amides is 1. The third kappa shape index (κ3) is 2.26. The average molecular weight is 366 g/mol. The summed E-state index contributed by atoms with van der Waals surface area (Å²) in [5.74, 6) is 0.954. The Labute approximate surface area is 154 Å². The number of aromatic nitrogens is 1. The van der Waals surface area contributed by atoms with Gasteiger partial charge >= 0.3 is 0 Å². The molecule has 0 saturated carbocycles. The molecule has 1 N–H and O–H groups in total. The van der Waals surface area contributed by atoms with Crippen LogP contribution in [0.15, 0.2) is 48.0 Å². The number of aliphatic hydroxyl groups excluding tert-OH is 1. The summed E-state index contributed by atoms with van der Waals surface area (Å²) in [7, 11) is 0. The minimum Gasteiger partial charge on any atom is -0.493 e. The van der Waals surface area contributed by atoms with E-state index in [1.54, 1.807) is 5.51 Å². The topological polar surface area (TPSA) is 62.7 Å². The van der Waals surface area contributed by atoms with Gasteiger partial charge in [0, 0.05) is 24.6 Å². The number of fused-ring (bicyclic) bond motifs is 4. The SMILES string of the molecule is O=C(c1ccc2ncsc2c1)N1CC2c3ccccc3OCC2(CO)C1. The van der Waals surface area contributed by atoms with Crippen LogP contribution < -0.4 is 4.74 Å². The van der Waals surface area contributed by atoms with E-state index in [0.29, 0.717) is 25.3 Å². The summed E-state index contributed by atoms with van der Waals surface area (Å²) in [4.78, 5) is 19.2. The van der Waals surface area contributed by atoms with Crippen molar-refractivity contribution in [3.8, 4) is 5.75 Å². The second kappa shape index (κ2) is 5.79. The molecule has 3 heterocycles. The molecule has 0 bridgehead atoms. The van der Waals surface area contributed by atoms with Crippen molar-refractivity contribution in [3.63, 3.8) is 0 Å². The van der Waals surface area contributed by atoms with Crippen molar-refractivity contribution in [1.29, 1.82) is 0 Å². The molecule has 1 amide bonds. The maximum absolute atomic E-state index is 13.1. The van der Waals surface area contributed by atoms with Gasteiger partial charge in [-0.2, -0.15) is 0 Å². The first-order valence-corrected chi connectivity index (χ1v) is 9.53. The zero-order chi connectivity index (χ0) is 17.7. The Bertz CT molecular complexity index is 1000. The van der Waals surface area contributed by atoms with Crippen LogP contribution in [0, 0.1) is 5.41 Å². The molecule has 2 aliphatic rings. The molecule has 2 aromatic carbocycles. The van der Waals surface area contributed by atoms with Crippen molar-refractivity contribution in [2.75, 3.05) is 26.3 Å². The number of nitrogens with zero attached hydrogens (tertiary/aromatic N) is 2. The molecule has 0 radical (unpaired) electrons. The van der Waals surface area contributed by atoms with Crippen LogP contribution in [0.4, 0.5) is 0 Å². The summed E-state index contributed by atoms with van der Waals surface area (Å²) in [6.07, 6.45) is 0. The zero-order valence-electron chi connectivity index (χ0n) is 14.1. The quantitative estimate of drug-likeness (QED) is 0.758. The Morgan fingerprint density at radius 2 is 2.23 bits per heavy atom. The van der Waals surface area contributed by atoms with E-state index in [2.05, 4.69) is 4.98 Å². The molecule has 2 atom stereocenters. The van der Waals surface area contributed by atoms with Crippen molar-refractivity contribution < 1.29 is 14.6 Å². The fourth-order valence-electron chi connectivity index (χ4n) is 4.20. The van der Waals surface area contributed by atoms with E-state index < -0.39 is 5.41 Å². The Morgan fingerprint density at radius 1 is 1.35 bits per heavy atom. The molecule has 1 aromatic heterocycles. The van der Waals surface area contributed by atoms with Gasteiger partial charge in [-0.05, 0) is 29.8 Å². The lowest BCUT2D eigenvalue weighted by molar-refractivity contribution is 0.0440. The van der Waals surface area contributed by atoms with Crippen LogP contribution in [-0.4, -0.2) is 47.2 Å². The first kappa shape index (κ1) is 15.8. The smallest absolute Gasteiger partial charge is 0.253 e. The predicted octanol–water partition coefficient (Wildman–Crippen LogP) is 2.91. The number of hydrogen-bond donors (Lipinski definition) is 1. The van der Waals surface area contributed by atoms with E-state index in [9.17, 15) is 9.90 Å². The van der Waals surface area contributed by atoms with Crippen molar-refractivity contribution in [1.82, 2.24) is 9.88 Å². The Balaban J connectivity index is 1.49. The van der Waals surface area contributed by atoms with Gasteiger partial charge in [-0.25, -0.2) is 4.98 Å². The van der Waals surface area contributed by atoms with Crippen LogP contribution in [0.25, 0.3) is 10.2 Å². The first-order chi connectivity index (χ1) is 12.7. The molecular formula is C20H18N2O3S. The maximum Gasteiger partial charge on any atom is 0.253 e. The van der Waals surface area contributed by atoms with Crippen LogP contribution in [0.3, 0.4) is 0 Å².